The average Bonchev–Trinajstić information content (AvgIpc) is 2.29. The summed E-state index contributed by atoms with van der Waals surface area (Å²) in [6.07, 6.45) is 0.873. The number of hydrogen-bond acceptors (Lipinski definition) is 4. The summed E-state index contributed by atoms with van der Waals surface area (Å²) >= 11 is 0. The van der Waals surface area contributed by atoms with Crippen LogP contribution in [0.4, 0.5) is 5.69 Å². The molecule has 1 aromatic carbocycles. The van der Waals surface area contributed by atoms with E-state index in [1.54, 1.807) is 7.11 Å². The van der Waals surface area contributed by atoms with Gasteiger partial charge in [0.05, 0.1) is 19.4 Å². The highest BCUT2D eigenvalue weighted by Gasteiger charge is 2.14. The summed E-state index contributed by atoms with van der Waals surface area (Å²) in [5.41, 5.74) is 7.41. The van der Waals surface area contributed by atoms with Crippen LogP contribution < -0.4 is 15.8 Å². The number of hydrogen-bond donors (Lipinski definition) is 3. The third-order valence-electron chi connectivity index (χ3n) is 2.71. The van der Waals surface area contributed by atoms with E-state index in [9.17, 15) is 0 Å². The van der Waals surface area contributed by atoms with E-state index in [2.05, 4.69) is 5.32 Å². The molecular weight excluding hydrogens is 216 g/mol. The lowest BCUT2D eigenvalue weighted by Gasteiger charge is -2.23. The maximum absolute atomic E-state index is 9.10. The van der Waals surface area contributed by atoms with Crippen molar-refractivity contribution in [2.75, 3.05) is 26.0 Å². The molecule has 0 aliphatic heterocycles. The molecule has 1 aromatic rings. The fourth-order valence-corrected chi connectivity index (χ4v) is 1.54. The first-order valence-corrected chi connectivity index (χ1v) is 5.77. The van der Waals surface area contributed by atoms with E-state index in [0.29, 0.717) is 11.4 Å². The summed E-state index contributed by atoms with van der Waals surface area (Å²) in [5.74, 6) is 0.706. The van der Waals surface area contributed by atoms with Gasteiger partial charge in [-0.05, 0) is 44.5 Å². The number of methoxy groups -OCH3 is 1. The molecule has 0 atom stereocenters. The SMILES string of the molecule is COc1ccc(CCNC(C)(C)CO)cc1N. The molecule has 4 heteroatoms. The summed E-state index contributed by atoms with van der Waals surface area (Å²) in [6.45, 7) is 4.86. The number of nitrogens with two attached hydrogens (primary N) is 1. The normalized spacial score (nSPS) is 11.5. The van der Waals surface area contributed by atoms with Crippen LogP contribution in [0.2, 0.25) is 0 Å². The van der Waals surface area contributed by atoms with Crippen molar-refractivity contribution in [1.29, 1.82) is 0 Å². The molecule has 4 N–H and O–H groups in total. The number of anilines is 1. The minimum atomic E-state index is -0.238. The molecule has 0 aromatic heterocycles. The number of ether oxygens (including phenoxy) is 1. The highest BCUT2D eigenvalue weighted by Crippen LogP contribution is 2.21. The number of nitrogens with one attached hydrogen (secondary N) is 1. The molecule has 0 saturated heterocycles. The number of benzene rings is 1. The second kappa shape index (κ2) is 5.89. The highest BCUT2D eigenvalue weighted by molar-refractivity contribution is 5.54. The van der Waals surface area contributed by atoms with Crippen LogP contribution in [-0.4, -0.2) is 30.9 Å². The maximum Gasteiger partial charge on any atom is 0.141 e. The van der Waals surface area contributed by atoms with Gasteiger partial charge in [0.15, 0.2) is 0 Å². The lowest BCUT2D eigenvalue weighted by Crippen LogP contribution is -2.43. The molecule has 0 fully saturated rings. The first-order chi connectivity index (χ1) is 7.98. The molecule has 0 aliphatic rings. The zero-order chi connectivity index (χ0) is 12.9. The summed E-state index contributed by atoms with van der Waals surface area (Å²) in [7, 11) is 1.61. The van der Waals surface area contributed by atoms with Crippen LogP contribution in [0.15, 0.2) is 18.2 Å². The van der Waals surface area contributed by atoms with Crippen molar-refractivity contribution in [1.82, 2.24) is 5.32 Å². The van der Waals surface area contributed by atoms with Gasteiger partial charge >= 0.3 is 0 Å². The van der Waals surface area contributed by atoms with Crippen LogP contribution in [0.3, 0.4) is 0 Å². The first-order valence-electron chi connectivity index (χ1n) is 5.77. The topological polar surface area (TPSA) is 67.5 Å². The third-order valence-corrected chi connectivity index (χ3v) is 2.71. The smallest absolute Gasteiger partial charge is 0.141 e. The molecular formula is C13H22N2O2. The van der Waals surface area contributed by atoms with Gasteiger partial charge in [0.2, 0.25) is 0 Å². The van der Waals surface area contributed by atoms with Crippen molar-refractivity contribution < 1.29 is 9.84 Å². The van der Waals surface area contributed by atoms with Crippen LogP contribution in [0.1, 0.15) is 19.4 Å². The molecule has 96 valence electrons. The Balaban J connectivity index is 2.50. The van der Waals surface area contributed by atoms with Crippen molar-refractivity contribution in [3.8, 4) is 5.75 Å². The molecule has 0 spiro atoms. The molecule has 0 unspecified atom stereocenters. The molecule has 0 heterocycles. The quantitative estimate of drug-likeness (QED) is 0.651. The van der Waals surface area contributed by atoms with Gasteiger partial charge in [0.25, 0.3) is 0 Å². The highest BCUT2D eigenvalue weighted by atomic mass is 16.5. The Morgan fingerprint density at radius 2 is 2.12 bits per heavy atom. The Morgan fingerprint density at radius 3 is 2.65 bits per heavy atom. The zero-order valence-electron chi connectivity index (χ0n) is 10.8. The minimum absolute atomic E-state index is 0.123. The number of aliphatic hydroxyl groups excluding tert-OH is 1. The Bertz CT molecular complexity index is 364. The average molecular weight is 238 g/mol. The lowest BCUT2D eigenvalue weighted by atomic mass is 10.1. The predicted octanol–water partition coefficient (Wildman–Crippen LogP) is 1.18. The molecule has 0 amide bonds. The van der Waals surface area contributed by atoms with Gasteiger partial charge in [-0.2, -0.15) is 0 Å². The van der Waals surface area contributed by atoms with E-state index in [-0.39, 0.29) is 12.1 Å². The van der Waals surface area contributed by atoms with Crippen molar-refractivity contribution in [3.63, 3.8) is 0 Å². The van der Waals surface area contributed by atoms with E-state index >= 15 is 0 Å². The Labute approximate surface area is 103 Å². The second-order valence-electron chi connectivity index (χ2n) is 4.80. The van der Waals surface area contributed by atoms with Gasteiger partial charge < -0.3 is 20.9 Å². The van der Waals surface area contributed by atoms with Gasteiger partial charge in [0, 0.05) is 5.54 Å². The minimum Gasteiger partial charge on any atom is -0.495 e. The second-order valence-corrected chi connectivity index (χ2v) is 4.80. The van der Waals surface area contributed by atoms with Crippen molar-refractivity contribution in [2.24, 2.45) is 0 Å². The van der Waals surface area contributed by atoms with E-state index in [1.165, 1.54) is 0 Å². The monoisotopic (exact) mass is 238 g/mol. The van der Waals surface area contributed by atoms with Crippen LogP contribution in [0.25, 0.3) is 0 Å². The van der Waals surface area contributed by atoms with E-state index in [0.717, 1.165) is 18.5 Å². The molecule has 1 rings (SSSR count). The van der Waals surface area contributed by atoms with Crippen LogP contribution in [0.5, 0.6) is 5.75 Å². The molecule has 0 saturated carbocycles. The summed E-state index contributed by atoms with van der Waals surface area (Å²) < 4.78 is 5.10. The first kappa shape index (κ1) is 13.8. The Kier molecular flexibility index (Phi) is 4.78. The summed E-state index contributed by atoms with van der Waals surface area (Å²) in [6, 6.07) is 5.80. The van der Waals surface area contributed by atoms with E-state index in [1.807, 2.05) is 32.0 Å². The Morgan fingerprint density at radius 1 is 1.41 bits per heavy atom. The molecule has 0 aliphatic carbocycles. The van der Waals surface area contributed by atoms with Crippen molar-refractivity contribution in [3.05, 3.63) is 23.8 Å². The van der Waals surface area contributed by atoms with Gasteiger partial charge in [0.1, 0.15) is 5.75 Å². The maximum atomic E-state index is 9.10. The van der Waals surface area contributed by atoms with E-state index < -0.39 is 0 Å². The van der Waals surface area contributed by atoms with Gasteiger partial charge in [-0.15, -0.1) is 0 Å². The van der Waals surface area contributed by atoms with Crippen LogP contribution >= 0.6 is 0 Å². The number of nitrogen functional groups attached to an aromatic ring is 1. The van der Waals surface area contributed by atoms with Crippen molar-refractivity contribution >= 4 is 5.69 Å². The van der Waals surface area contributed by atoms with Gasteiger partial charge in [-0.3, -0.25) is 0 Å². The lowest BCUT2D eigenvalue weighted by molar-refractivity contribution is 0.189. The van der Waals surface area contributed by atoms with E-state index in [4.69, 9.17) is 15.6 Å². The molecule has 17 heavy (non-hydrogen) atoms. The van der Waals surface area contributed by atoms with Crippen LogP contribution in [0, 0.1) is 0 Å². The van der Waals surface area contributed by atoms with Crippen molar-refractivity contribution in [2.45, 2.75) is 25.8 Å². The standard InChI is InChI=1S/C13H22N2O2/c1-13(2,9-16)15-7-6-10-4-5-12(17-3)11(14)8-10/h4-5,8,15-16H,6-7,9,14H2,1-3H3. The fourth-order valence-electron chi connectivity index (χ4n) is 1.54. The number of rotatable bonds is 6. The summed E-state index contributed by atoms with van der Waals surface area (Å²) in [4.78, 5) is 0. The van der Waals surface area contributed by atoms with Crippen LogP contribution in [-0.2, 0) is 6.42 Å². The van der Waals surface area contributed by atoms with Gasteiger partial charge in [-0.25, -0.2) is 0 Å². The zero-order valence-corrected chi connectivity index (χ0v) is 10.8. The summed E-state index contributed by atoms with van der Waals surface area (Å²) in [5, 5.41) is 12.4. The molecule has 0 bridgehead atoms. The largest absolute Gasteiger partial charge is 0.495 e. The number of aliphatic hydroxyl groups is 1. The predicted molar refractivity (Wildman–Crippen MR) is 70.3 cm³/mol. The third kappa shape index (κ3) is 4.24. The van der Waals surface area contributed by atoms with Gasteiger partial charge in [-0.1, -0.05) is 6.07 Å². The Hall–Kier alpha value is -1.26. The molecule has 4 nitrogen and oxygen atoms in total. The fraction of sp³-hybridized carbons (Fsp3) is 0.538. The molecule has 0 radical (unpaired) electrons.